The molecule has 0 saturated carbocycles. The molecule has 0 saturated heterocycles. The zero-order chi connectivity index (χ0) is 13.0. The summed E-state index contributed by atoms with van der Waals surface area (Å²) in [7, 11) is 1.68. The molecule has 1 heterocycles. The van der Waals surface area contributed by atoms with Gasteiger partial charge in [0.1, 0.15) is 5.75 Å². The third-order valence-corrected chi connectivity index (χ3v) is 3.78. The van der Waals surface area contributed by atoms with E-state index in [9.17, 15) is 0 Å². The number of thiazole rings is 1. The fourth-order valence-electron chi connectivity index (χ4n) is 1.71. The normalized spacial score (nSPS) is 12.4. The maximum atomic E-state index is 5.65. The summed E-state index contributed by atoms with van der Waals surface area (Å²) in [5.74, 6) is 1.22. The highest BCUT2D eigenvalue weighted by atomic mass is 32.1. The summed E-state index contributed by atoms with van der Waals surface area (Å²) in [5.41, 5.74) is 7.97. The number of hydrogen-bond acceptors (Lipinski definition) is 4. The van der Waals surface area contributed by atoms with E-state index in [2.05, 4.69) is 23.4 Å². The number of benzene rings is 1. The van der Waals surface area contributed by atoms with Crippen LogP contribution in [-0.4, -0.2) is 18.6 Å². The summed E-state index contributed by atoms with van der Waals surface area (Å²) in [5, 5.41) is 3.23. The topological polar surface area (TPSA) is 48.1 Å². The van der Waals surface area contributed by atoms with Crippen LogP contribution < -0.4 is 10.5 Å². The largest absolute Gasteiger partial charge is 0.497 e. The molecule has 0 aliphatic carbocycles. The van der Waals surface area contributed by atoms with E-state index in [-0.39, 0.29) is 0 Å². The van der Waals surface area contributed by atoms with Gasteiger partial charge >= 0.3 is 0 Å². The van der Waals surface area contributed by atoms with Crippen LogP contribution in [0.15, 0.2) is 29.6 Å². The molecule has 0 aliphatic rings. The molecule has 0 radical (unpaired) electrons. The molecule has 4 heteroatoms. The van der Waals surface area contributed by atoms with Crippen molar-refractivity contribution in [3.05, 3.63) is 45.9 Å². The molecule has 1 atom stereocenters. The van der Waals surface area contributed by atoms with Crippen molar-refractivity contribution in [3.63, 3.8) is 0 Å². The molecule has 1 aromatic carbocycles. The van der Waals surface area contributed by atoms with Crippen molar-refractivity contribution in [3.8, 4) is 5.75 Å². The molecule has 0 amide bonds. The van der Waals surface area contributed by atoms with Crippen LogP contribution in [0.1, 0.15) is 29.1 Å². The van der Waals surface area contributed by atoms with Gasteiger partial charge in [0.05, 0.1) is 17.8 Å². The third-order valence-electron chi connectivity index (χ3n) is 2.92. The minimum absolute atomic E-state index is 0.334. The van der Waals surface area contributed by atoms with Gasteiger partial charge in [-0.25, -0.2) is 4.98 Å². The zero-order valence-electron chi connectivity index (χ0n) is 10.7. The number of nitrogens with zero attached hydrogens (tertiary/aromatic N) is 1. The fourth-order valence-corrected chi connectivity index (χ4v) is 2.66. The predicted octanol–water partition coefficient (Wildman–Crippen LogP) is 2.80. The first-order chi connectivity index (χ1) is 8.72. The van der Waals surface area contributed by atoms with Crippen molar-refractivity contribution in [2.45, 2.75) is 19.3 Å². The lowest BCUT2D eigenvalue weighted by molar-refractivity contribution is 0.414. The molecule has 0 fully saturated rings. The Labute approximate surface area is 112 Å². The Balaban J connectivity index is 2.11. The minimum Gasteiger partial charge on any atom is -0.497 e. The standard InChI is InChI=1S/C14H18N2OS/c1-10(8-15)13-9-18-14(16-13)7-11-4-3-5-12(6-11)17-2/h3-6,9-10H,7-8,15H2,1-2H3. The van der Waals surface area contributed by atoms with Crippen LogP contribution >= 0.6 is 11.3 Å². The average molecular weight is 262 g/mol. The van der Waals surface area contributed by atoms with Crippen molar-refractivity contribution in [1.29, 1.82) is 0 Å². The second-order valence-electron chi connectivity index (χ2n) is 4.33. The zero-order valence-corrected chi connectivity index (χ0v) is 11.5. The molecule has 3 nitrogen and oxygen atoms in total. The first-order valence-corrected chi connectivity index (χ1v) is 6.88. The highest BCUT2D eigenvalue weighted by Gasteiger charge is 2.09. The summed E-state index contributed by atoms with van der Waals surface area (Å²) >= 11 is 1.69. The van der Waals surface area contributed by atoms with E-state index >= 15 is 0 Å². The molecule has 2 rings (SSSR count). The molecule has 18 heavy (non-hydrogen) atoms. The van der Waals surface area contributed by atoms with Crippen LogP contribution in [0.2, 0.25) is 0 Å². The van der Waals surface area contributed by atoms with Gasteiger partial charge in [-0.05, 0) is 17.7 Å². The first-order valence-electron chi connectivity index (χ1n) is 6.00. The Morgan fingerprint density at radius 2 is 2.28 bits per heavy atom. The Bertz CT molecular complexity index is 510. The van der Waals surface area contributed by atoms with Crippen molar-refractivity contribution < 1.29 is 4.74 Å². The van der Waals surface area contributed by atoms with Crippen molar-refractivity contribution >= 4 is 11.3 Å². The van der Waals surface area contributed by atoms with Gasteiger partial charge in [-0.2, -0.15) is 0 Å². The van der Waals surface area contributed by atoms with E-state index < -0.39 is 0 Å². The van der Waals surface area contributed by atoms with Crippen LogP contribution in [0.25, 0.3) is 0 Å². The lowest BCUT2D eigenvalue weighted by Gasteiger charge is -2.04. The van der Waals surface area contributed by atoms with Crippen LogP contribution in [0.4, 0.5) is 0 Å². The van der Waals surface area contributed by atoms with Crippen LogP contribution in [0.3, 0.4) is 0 Å². The SMILES string of the molecule is COc1cccc(Cc2nc(C(C)CN)cs2)c1. The first kappa shape index (κ1) is 13.1. The number of hydrogen-bond donors (Lipinski definition) is 1. The molecular formula is C14H18N2OS. The van der Waals surface area contributed by atoms with Gasteiger partial charge in [-0.3, -0.25) is 0 Å². The van der Waals surface area contributed by atoms with E-state index in [4.69, 9.17) is 10.5 Å². The van der Waals surface area contributed by atoms with Crippen molar-refractivity contribution in [2.24, 2.45) is 5.73 Å². The summed E-state index contributed by atoms with van der Waals surface area (Å²) in [6, 6.07) is 8.10. The summed E-state index contributed by atoms with van der Waals surface area (Å²) in [6.45, 7) is 2.74. The Kier molecular flexibility index (Phi) is 4.33. The average Bonchev–Trinajstić information content (AvgIpc) is 2.86. The quantitative estimate of drug-likeness (QED) is 0.901. The Hall–Kier alpha value is -1.39. The molecule has 1 unspecified atom stereocenters. The molecular weight excluding hydrogens is 244 g/mol. The summed E-state index contributed by atoms with van der Waals surface area (Å²) in [6.07, 6.45) is 0.846. The number of nitrogens with two attached hydrogens (primary N) is 1. The Morgan fingerprint density at radius 1 is 1.44 bits per heavy atom. The predicted molar refractivity (Wildman–Crippen MR) is 75.4 cm³/mol. The third kappa shape index (κ3) is 3.09. The Morgan fingerprint density at radius 3 is 3.00 bits per heavy atom. The van der Waals surface area contributed by atoms with E-state index in [1.807, 2.05) is 18.2 Å². The van der Waals surface area contributed by atoms with Crippen LogP contribution in [-0.2, 0) is 6.42 Å². The van der Waals surface area contributed by atoms with Crippen LogP contribution in [0.5, 0.6) is 5.75 Å². The highest BCUT2D eigenvalue weighted by molar-refractivity contribution is 7.09. The van der Waals surface area contributed by atoms with Gasteiger partial charge in [-0.1, -0.05) is 19.1 Å². The van der Waals surface area contributed by atoms with Crippen molar-refractivity contribution in [1.82, 2.24) is 4.98 Å². The number of ether oxygens (including phenoxy) is 1. The summed E-state index contributed by atoms with van der Waals surface area (Å²) in [4.78, 5) is 4.63. The van der Waals surface area contributed by atoms with Gasteiger partial charge in [0.2, 0.25) is 0 Å². The van der Waals surface area contributed by atoms with E-state index in [0.717, 1.165) is 22.9 Å². The van der Waals surface area contributed by atoms with Crippen LogP contribution in [0, 0.1) is 0 Å². The van der Waals surface area contributed by atoms with Gasteiger partial charge in [0, 0.05) is 24.3 Å². The lowest BCUT2D eigenvalue weighted by atomic mass is 10.1. The maximum Gasteiger partial charge on any atom is 0.119 e. The molecule has 2 N–H and O–H groups in total. The molecule has 96 valence electrons. The van der Waals surface area contributed by atoms with Gasteiger partial charge < -0.3 is 10.5 Å². The maximum absolute atomic E-state index is 5.65. The highest BCUT2D eigenvalue weighted by Crippen LogP contribution is 2.21. The lowest BCUT2D eigenvalue weighted by Crippen LogP contribution is -2.09. The minimum atomic E-state index is 0.334. The van der Waals surface area contributed by atoms with Gasteiger partial charge in [-0.15, -0.1) is 11.3 Å². The van der Waals surface area contributed by atoms with Crippen molar-refractivity contribution in [2.75, 3.05) is 13.7 Å². The van der Waals surface area contributed by atoms with E-state index in [1.54, 1.807) is 18.4 Å². The molecule has 1 aromatic heterocycles. The van der Waals surface area contributed by atoms with E-state index in [1.165, 1.54) is 5.56 Å². The molecule has 0 bridgehead atoms. The van der Waals surface area contributed by atoms with E-state index in [0.29, 0.717) is 12.5 Å². The number of rotatable bonds is 5. The smallest absolute Gasteiger partial charge is 0.119 e. The second kappa shape index (κ2) is 5.98. The second-order valence-corrected chi connectivity index (χ2v) is 5.27. The molecule has 0 spiro atoms. The fraction of sp³-hybridized carbons (Fsp3) is 0.357. The number of aromatic nitrogens is 1. The monoisotopic (exact) mass is 262 g/mol. The van der Waals surface area contributed by atoms with Gasteiger partial charge in [0.15, 0.2) is 0 Å². The van der Waals surface area contributed by atoms with Gasteiger partial charge in [0.25, 0.3) is 0 Å². The number of methoxy groups -OCH3 is 1. The summed E-state index contributed by atoms with van der Waals surface area (Å²) < 4.78 is 5.22. The molecule has 0 aliphatic heterocycles. The molecule has 2 aromatic rings.